The topological polar surface area (TPSA) is 63.9 Å². The Bertz CT molecular complexity index is 187. The van der Waals surface area contributed by atoms with Gasteiger partial charge >= 0.3 is 18.9 Å². The van der Waals surface area contributed by atoms with E-state index in [9.17, 15) is 9.90 Å². The molecule has 54 valence electrons. The zero-order valence-corrected chi connectivity index (χ0v) is 6.54. The fraction of sp³-hybridized carbons (Fsp3) is 0.714. The first-order valence-electron chi connectivity index (χ1n) is 3.34. The average molecular weight is 145 g/mol. The largest absolute Gasteiger partial charge is 1.00 e. The van der Waals surface area contributed by atoms with Crippen molar-refractivity contribution in [3.8, 4) is 6.07 Å². The van der Waals surface area contributed by atoms with Crippen molar-refractivity contribution in [3.05, 3.63) is 0 Å². The van der Waals surface area contributed by atoms with Crippen molar-refractivity contribution in [2.75, 3.05) is 0 Å². The molecule has 0 aromatic heterocycles. The molecule has 2 atom stereocenters. The summed E-state index contributed by atoms with van der Waals surface area (Å²) in [5, 5.41) is 18.6. The number of carbonyl (C=O) groups excluding carboxylic acids is 1. The van der Waals surface area contributed by atoms with Crippen LogP contribution in [0.15, 0.2) is 0 Å². The Morgan fingerprint density at radius 1 is 1.55 bits per heavy atom. The monoisotopic (exact) mass is 145 g/mol. The third kappa shape index (κ3) is 2.58. The van der Waals surface area contributed by atoms with Crippen molar-refractivity contribution < 1.29 is 28.8 Å². The SMILES string of the molecule is N#CC1CCC(C(=O)[O-])C1.[Li+]. The first-order valence-corrected chi connectivity index (χ1v) is 3.34. The quantitative estimate of drug-likeness (QED) is 0.363. The molecule has 0 N–H and O–H groups in total. The fourth-order valence-electron chi connectivity index (χ4n) is 1.31. The first-order chi connectivity index (χ1) is 4.74. The maximum Gasteiger partial charge on any atom is 1.00 e. The zero-order valence-electron chi connectivity index (χ0n) is 6.54. The van der Waals surface area contributed by atoms with Crippen LogP contribution in [0.3, 0.4) is 0 Å². The summed E-state index contributed by atoms with van der Waals surface area (Å²) >= 11 is 0. The maximum absolute atomic E-state index is 10.2. The van der Waals surface area contributed by atoms with Crippen molar-refractivity contribution in [1.29, 1.82) is 5.26 Å². The van der Waals surface area contributed by atoms with Crippen molar-refractivity contribution >= 4 is 5.97 Å². The van der Waals surface area contributed by atoms with Crippen LogP contribution >= 0.6 is 0 Å². The Labute approximate surface area is 77.6 Å². The molecule has 1 saturated carbocycles. The van der Waals surface area contributed by atoms with Gasteiger partial charge in [-0.15, -0.1) is 0 Å². The van der Waals surface area contributed by atoms with Crippen LogP contribution < -0.4 is 24.0 Å². The van der Waals surface area contributed by atoms with Crippen molar-refractivity contribution in [3.63, 3.8) is 0 Å². The van der Waals surface area contributed by atoms with E-state index in [1.807, 2.05) is 0 Å². The van der Waals surface area contributed by atoms with Crippen LogP contribution in [-0.4, -0.2) is 5.97 Å². The van der Waals surface area contributed by atoms with Gasteiger partial charge in [-0.1, -0.05) is 0 Å². The molecule has 1 fully saturated rings. The molecule has 1 rings (SSSR count). The summed E-state index contributed by atoms with van der Waals surface area (Å²) in [4.78, 5) is 10.2. The first kappa shape index (κ1) is 10.6. The zero-order chi connectivity index (χ0) is 7.56. The summed E-state index contributed by atoms with van der Waals surface area (Å²) < 4.78 is 0. The summed E-state index contributed by atoms with van der Waals surface area (Å²) in [6.45, 7) is 0. The van der Waals surface area contributed by atoms with Crippen LogP contribution in [0.5, 0.6) is 0 Å². The molecule has 1 aliphatic rings. The number of rotatable bonds is 1. The summed E-state index contributed by atoms with van der Waals surface area (Å²) in [7, 11) is 0. The van der Waals surface area contributed by atoms with Gasteiger partial charge in [0.15, 0.2) is 0 Å². The number of hydrogen-bond acceptors (Lipinski definition) is 3. The van der Waals surface area contributed by atoms with E-state index in [2.05, 4.69) is 6.07 Å². The van der Waals surface area contributed by atoms with Crippen LogP contribution in [0.4, 0.5) is 0 Å². The van der Waals surface area contributed by atoms with Crippen LogP contribution in [0.25, 0.3) is 0 Å². The minimum absolute atomic E-state index is 0. The summed E-state index contributed by atoms with van der Waals surface area (Å²) in [6.07, 6.45) is 1.81. The van der Waals surface area contributed by atoms with E-state index in [0.29, 0.717) is 12.8 Å². The number of carbonyl (C=O) groups is 1. The van der Waals surface area contributed by atoms with Crippen molar-refractivity contribution in [2.45, 2.75) is 19.3 Å². The Balaban J connectivity index is 0.000001000. The molecule has 0 heterocycles. The smallest absolute Gasteiger partial charge is 0.550 e. The predicted octanol–water partition coefficient (Wildman–Crippen LogP) is -3.32. The van der Waals surface area contributed by atoms with Gasteiger partial charge in [-0.25, -0.2) is 0 Å². The minimum Gasteiger partial charge on any atom is -0.550 e. The second-order valence-corrected chi connectivity index (χ2v) is 2.66. The van der Waals surface area contributed by atoms with E-state index in [0.717, 1.165) is 6.42 Å². The summed E-state index contributed by atoms with van der Waals surface area (Å²) in [5.41, 5.74) is 0. The average Bonchev–Trinajstić information content (AvgIpc) is 2.34. The fourth-order valence-corrected chi connectivity index (χ4v) is 1.31. The molecule has 11 heavy (non-hydrogen) atoms. The van der Waals surface area contributed by atoms with Gasteiger partial charge in [0.1, 0.15) is 0 Å². The normalized spacial score (nSPS) is 28.6. The molecule has 3 nitrogen and oxygen atoms in total. The van der Waals surface area contributed by atoms with Gasteiger partial charge in [-0.2, -0.15) is 5.26 Å². The molecule has 0 aromatic carbocycles. The molecule has 0 aromatic rings. The number of aliphatic carboxylic acids is 1. The maximum atomic E-state index is 10.2. The van der Waals surface area contributed by atoms with E-state index < -0.39 is 5.97 Å². The molecule has 1 aliphatic carbocycles. The minimum atomic E-state index is -1.00. The molecule has 0 amide bonds. The molecular formula is C7H8LiNO2. The number of carboxylic acid groups (broad SMARTS) is 1. The van der Waals surface area contributed by atoms with Gasteiger partial charge in [0.25, 0.3) is 0 Å². The van der Waals surface area contributed by atoms with Crippen LogP contribution in [0.1, 0.15) is 19.3 Å². The number of hydrogen-bond donors (Lipinski definition) is 0. The predicted molar refractivity (Wildman–Crippen MR) is 31.5 cm³/mol. The number of carboxylic acids is 1. The van der Waals surface area contributed by atoms with Gasteiger partial charge in [0.05, 0.1) is 6.07 Å². The molecule has 0 aliphatic heterocycles. The van der Waals surface area contributed by atoms with E-state index in [1.165, 1.54) is 0 Å². The Morgan fingerprint density at radius 3 is 2.45 bits per heavy atom. The van der Waals surface area contributed by atoms with Crippen molar-refractivity contribution in [1.82, 2.24) is 0 Å². The molecular weight excluding hydrogens is 137 g/mol. The third-order valence-electron chi connectivity index (χ3n) is 1.95. The Kier molecular flexibility index (Phi) is 4.26. The molecule has 0 bridgehead atoms. The third-order valence-corrected chi connectivity index (χ3v) is 1.95. The van der Waals surface area contributed by atoms with Crippen LogP contribution in [0, 0.1) is 23.2 Å². The van der Waals surface area contributed by atoms with Gasteiger partial charge < -0.3 is 9.90 Å². The van der Waals surface area contributed by atoms with Gasteiger partial charge in [-0.3, -0.25) is 0 Å². The van der Waals surface area contributed by atoms with E-state index >= 15 is 0 Å². The van der Waals surface area contributed by atoms with Gasteiger partial charge in [0.2, 0.25) is 0 Å². The molecule has 0 spiro atoms. The molecule has 0 saturated heterocycles. The van der Waals surface area contributed by atoms with E-state index in [1.54, 1.807) is 0 Å². The second-order valence-electron chi connectivity index (χ2n) is 2.66. The van der Waals surface area contributed by atoms with Gasteiger partial charge in [-0.05, 0) is 25.2 Å². The number of nitriles is 1. The number of nitrogens with zero attached hydrogens (tertiary/aromatic N) is 1. The molecule has 0 radical (unpaired) electrons. The Hall–Kier alpha value is -0.443. The molecule has 4 heteroatoms. The summed E-state index contributed by atoms with van der Waals surface area (Å²) in [5.74, 6) is -1.43. The second kappa shape index (κ2) is 4.44. The Morgan fingerprint density at radius 2 is 2.18 bits per heavy atom. The standard InChI is InChI=1S/C7H9NO2.Li/c8-4-5-1-2-6(3-5)7(9)10;/h5-6H,1-3H2,(H,9,10);/q;+1/p-1. The van der Waals surface area contributed by atoms with Crippen molar-refractivity contribution in [2.24, 2.45) is 11.8 Å². The van der Waals surface area contributed by atoms with E-state index in [4.69, 9.17) is 5.26 Å². The van der Waals surface area contributed by atoms with E-state index in [-0.39, 0.29) is 30.7 Å². The van der Waals surface area contributed by atoms with Crippen LogP contribution in [0.2, 0.25) is 0 Å². The van der Waals surface area contributed by atoms with Gasteiger partial charge in [0, 0.05) is 11.9 Å². The molecule has 2 unspecified atom stereocenters. The summed E-state index contributed by atoms with van der Waals surface area (Å²) in [6, 6.07) is 2.06. The van der Waals surface area contributed by atoms with Crippen LogP contribution in [-0.2, 0) is 4.79 Å².